The minimum absolute atomic E-state index is 0.107. The van der Waals surface area contributed by atoms with Gasteiger partial charge in [0.2, 0.25) is 0 Å². The number of carbonyl (C=O) groups is 4. The second-order valence-electron chi connectivity index (χ2n) is 28.3. The van der Waals surface area contributed by atoms with Gasteiger partial charge in [0.15, 0.2) is 12.2 Å². The molecule has 17 nitrogen and oxygen atoms in total. The molecule has 0 aromatic carbocycles. The molecule has 5 atom stereocenters. The lowest BCUT2D eigenvalue weighted by atomic mass is 10.0. The van der Waals surface area contributed by atoms with Crippen LogP contribution in [0.4, 0.5) is 0 Å². The summed E-state index contributed by atoms with van der Waals surface area (Å²) in [4.78, 5) is 72.8. The molecule has 564 valence electrons. The first-order valence-corrected chi connectivity index (χ1v) is 42.5. The number of aliphatic hydroxyl groups excluding tert-OH is 1. The molecule has 0 aromatic rings. The van der Waals surface area contributed by atoms with Crippen molar-refractivity contribution in [3.05, 3.63) is 0 Å². The van der Waals surface area contributed by atoms with E-state index in [0.29, 0.717) is 25.7 Å². The molecule has 0 bridgehead atoms. The Balaban J connectivity index is 5.24. The first kappa shape index (κ1) is 93.1. The van der Waals surface area contributed by atoms with E-state index >= 15 is 0 Å². The monoisotopic (exact) mass is 1400 g/mol. The third-order valence-electron chi connectivity index (χ3n) is 17.7. The smallest absolute Gasteiger partial charge is 0.462 e. The maximum absolute atomic E-state index is 13.1. The van der Waals surface area contributed by atoms with Gasteiger partial charge in [-0.15, -0.1) is 0 Å². The van der Waals surface area contributed by atoms with Crippen LogP contribution in [-0.2, 0) is 65.4 Å². The maximum atomic E-state index is 13.1. The Hall–Kier alpha value is -1.94. The molecule has 0 saturated heterocycles. The van der Waals surface area contributed by atoms with E-state index in [0.717, 1.165) is 102 Å². The highest BCUT2D eigenvalue weighted by Crippen LogP contribution is 2.45. The van der Waals surface area contributed by atoms with E-state index in [1.165, 1.54) is 212 Å². The van der Waals surface area contributed by atoms with Crippen LogP contribution in [0.1, 0.15) is 395 Å². The van der Waals surface area contributed by atoms with Crippen LogP contribution in [0.3, 0.4) is 0 Å². The summed E-state index contributed by atoms with van der Waals surface area (Å²) in [5.41, 5.74) is 0. The van der Waals surface area contributed by atoms with Gasteiger partial charge < -0.3 is 33.8 Å². The number of carbonyl (C=O) groups excluding carboxylic acids is 4. The summed E-state index contributed by atoms with van der Waals surface area (Å²) >= 11 is 0. The largest absolute Gasteiger partial charge is 0.472 e. The Bertz CT molecular complexity index is 1840. The lowest BCUT2D eigenvalue weighted by Gasteiger charge is -2.21. The van der Waals surface area contributed by atoms with Crippen molar-refractivity contribution in [1.82, 2.24) is 0 Å². The van der Waals surface area contributed by atoms with Crippen molar-refractivity contribution in [1.29, 1.82) is 0 Å². The average molecular weight is 1400 g/mol. The number of unbranched alkanes of at least 4 members (excludes halogenated alkanes) is 45. The lowest BCUT2D eigenvalue weighted by molar-refractivity contribution is -0.161. The van der Waals surface area contributed by atoms with Crippen LogP contribution in [0.25, 0.3) is 0 Å². The topological polar surface area (TPSA) is 237 Å². The van der Waals surface area contributed by atoms with Crippen molar-refractivity contribution in [2.75, 3.05) is 39.6 Å². The van der Waals surface area contributed by atoms with Gasteiger partial charge >= 0.3 is 39.5 Å². The summed E-state index contributed by atoms with van der Waals surface area (Å²) in [6.45, 7) is 9.62. The number of hydrogen-bond donors (Lipinski definition) is 3. The molecule has 3 N–H and O–H groups in total. The van der Waals surface area contributed by atoms with Crippen molar-refractivity contribution >= 4 is 39.5 Å². The van der Waals surface area contributed by atoms with Crippen LogP contribution in [0.2, 0.25) is 0 Å². The van der Waals surface area contributed by atoms with Gasteiger partial charge in [-0.05, 0) is 37.5 Å². The standard InChI is InChI=1S/C76H148O17P2/c1-7-9-11-13-15-17-18-19-24-30-36-42-48-54-60-75(80)92-71(64-86-73(78)58-52-46-40-32-16-14-12-10-8-2)66-90-94(82,83)88-62-70(77)63-89-95(84,85)91-67-72(93-76(81)61-55-49-43-37-31-26-21-23-28-34-39-45-51-57-69(5)6)65-87-74(79)59-53-47-41-35-29-25-20-22-27-33-38-44-50-56-68(3)4/h68-72,77H,7-67H2,1-6H3,(H,82,83)(H,84,85)/t70-,71+,72+/m0/s1. The summed E-state index contributed by atoms with van der Waals surface area (Å²) in [6, 6.07) is 0. The molecule has 0 saturated carbocycles. The molecule has 0 amide bonds. The second-order valence-corrected chi connectivity index (χ2v) is 31.3. The zero-order valence-corrected chi connectivity index (χ0v) is 63.8. The van der Waals surface area contributed by atoms with Gasteiger partial charge in [-0.25, -0.2) is 9.13 Å². The molecular formula is C76H148O17P2. The Morgan fingerprint density at radius 1 is 0.284 bits per heavy atom. The molecule has 0 spiro atoms. The highest BCUT2D eigenvalue weighted by Gasteiger charge is 2.30. The Kier molecular flexibility index (Phi) is 66.5. The zero-order valence-electron chi connectivity index (χ0n) is 62.0. The predicted octanol–water partition coefficient (Wildman–Crippen LogP) is 22.3. The normalized spacial score (nSPS) is 14.0. The minimum atomic E-state index is -4.96. The fourth-order valence-electron chi connectivity index (χ4n) is 11.7. The Morgan fingerprint density at radius 3 is 0.716 bits per heavy atom. The number of hydrogen-bond acceptors (Lipinski definition) is 15. The van der Waals surface area contributed by atoms with Gasteiger partial charge in [0, 0.05) is 25.7 Å². The molecule has 19 heteroatoms. The van der Waals surface area contributed by atoms with Gasteiger partial charge in [0.1, 0.15) is 19.3 Å². The predicted molar refractivity (Wildman–Crippen MR) is 386 cm³/mol. The quantitative estimate of drug-likeness (QED) is 0.0222. The third kappa shape index (κ3) is 70.3. The van der Waals surface area contributed by atoms with E-state index in [1.807, 2.05) is 0 Å². The summed E-state index contributed by atoms with van der Waals surface area (Å²) in [5, 5.41) is 10.6. The SMILES string of the molecule is CCCCCCCCCCCCCCCCC(=O)O[C@H](COC(=O)CCCCCCCCCCC)COP(=O)(O)OC[C@H](O)COP(=O)(O)OC[C@@H](COC(=O)CCCCCCCCCCCCCCCC(C)C)OC(=O)CCCCCCCCCCCCCCCC(C)C. The van der Waals surface area contributed by atoms with E-state index in [9.17, 15) is 43.2 Å². The van der Waals surface area contributed by atoms with Crippen molar-refractivity contribution in [3.8, 4) is 0 Å². The number of phosphoric ester groups is 2. The van der Waals surface area contributed by atoms with Crippen LogP contribution in [0.15, 0.2) is 0 Å². The summed E-state index contributed by atoms with van der Waals surface area (Å²) in [5.74, 6) is -0.537. The number of aliphatic hydroxyl groups is 1. The van der Waals surface area contributed by atoms with E-state index in [4.69, 9.17) is 37.0 Å². The summed E-state index contributed by atoms with van der Waals surface area (Å²) < 4.78 is 68.5. The first-order chi connectivity index (χ1) is 45.9. The average Bonchev–Trinajstić information content (AvgIpc) is 1.24. The minimum Gasteiger partial charge on any atom is -0.462 e. The van der Waals surface area contributed by atoms with E-state index < -0.39 is 97.5 Å². The highest BCUT2D eigenvalue weighted by atomic mass is 31.2. The molecule has 2 unspecified atom stereocenters. The van der Waals surface area contributed by atoms with Gasteiger partial charge in [-0.3, -0.25) is 37.3 Å². The fourth-order valence-corrected chi connectivity index (χ4v) is 13.2. The molecule has 0 aliphatic heterocycles. The van der Waals surface area contributed by atoms with Gasteiger partial charge in [-0.1, -0.05) is 343 Å². The molecule has 0 heterocycles. The van der Waals surface area contributed by atoms with Crippen molar-refractivity contribution < 1.29 is 80.2 Å². The third-order valence-corrected chi connectivity index (χ3v) is 19.6. The van der Waals surface area contributed by atoms with Crippen LogP contribution >= 0.6 is 15.6 Å². The van der Waals surface area contributed by atoms with Gasteiger partial charge in [-0.2, -0.15) is 0 Å². The van der Waals surface area contributed by atoms with E-state index in [-0.39, 0.29) is 25.7 Å². The van der Waals surface area contributed by atoms with Gasteiger partial charge in [0.05, 0.1) is 26.4 Å². The highest BCUT2D eigenvalue weighted by molar-refractivity contribution is 7.47. The number of rotatable bonds is 75. The Labute approximate surface area is 581 Å². The van der Waals surface area contributed by atoms with Crippen LogP contribution in [0.5, 0.6) is 0 Å². The van der Waals surface area contributed by atoms with Crippen LogP contribution in [0, 0.1) is 11.8 Å². The molecule has 95 heavy (non-hydrogen) atoms. The second kappa shape index (κ2) is 67.9. The molecule has 0 radical (unpaired) electrons. The van der Waals surface area contributed by atoms with Crippen molar-refractivity contribution in [2.45, 2.75) is 413 Å². The van der Waals surface area contributed by atoms with Crippen molar-refractivity contribution in [3.63, 3.8) is 0 Å². The summed E-state index contributed by atoms with van der Waals surface area (Å²) in [6.07, 6.45) is 55.4. The molecule has 0 fully saturated rings. The number of phosphoric acid groups is 2. The number of esters is 4. The van der Waals surface area contributed by atoms with Crippen LogP contribution in [-0.4, -0.2) is 96.7 Å². The summed E-state index contributed by atoms with van der Waals surface area (Å²) in [7, 11) is -9.91. The molecular weight excluding hydrogens is 1250 g/mol. The van der Waals surface area contributed by atoms with Crippen LogP contribution < -0.4 is 0 Å². The van der Waals surface area contributed by atoms with Gasteiger partial charge in [0.25, 0.3) is 0 Å². The molecule has 0 aromatic heterocycles. The lowest BCUT2D eigenvalue weighted by Crippen LogP contribution is -2.30. The molecule has 0 aliphatic rings. The fraction of sp³-hybridized carbons (Fsp3) is 0.947. The van der Waals surface area contributed by atoms with Crippen molar-refractivity contribution in [2.24, 2.45) is 11.8 Å². The maximum Gasteiger partial charge on any atom is 0.472 e. The molecule has 0 aliphatic carbocycles. The van der Waals surface area contributed by atoms with E-state index in [1.54, 1.807) is 0 Å². The van der Waals surface area contributed by atoms with E-state index in [2.05, 4.69) is 41.5 Å². The first-order valence-electron chi connectivity index (χ1n) is 39.5. The zero-order chi connectivity index (χ0) is 70.0. The molecule has 0 rings (SSSR count). The Morgan fingerprint density at radius 2 is 0.484 bits per heavy atom. The number of ether oxygens (including phenoxy) is 4.